The molecule has 98 valence electrons. The van der Waals surface area contributed by atoms with E-state index in [0.717, 1.165) is 0 Å². The first-order valence-electron chi connectivity index (χ1n) is 5.56. The van der Waals surface area contributed by atoms with E-state index in [1.807, 2.05) is 0 Å². The number of anilines is 1. The lowest BCUT2D eigenvalue weighted by Gasteiger charge is -2.03. The molecular formula is C13H12N2O4. The summed E-state index contributed by atoms with van der Waals surface area (Å²) >= 11 is 0. The third-order valence-corrected chi connectivity index (χ3v) is 2.50. The molecule has 1 amide bonds. The molecule has 0 saturated heterocycles. The lowest BCUT2D eigenvalue weighted by Crippen LogP contribution is -2.14. The number of rotatable bonds is 3. The summed E-state index contributed by atoms with van der Waals surface area (Å²) in [6.45, 7) is 3.43. The Labute approximate surface area is 109 Å². The van der Waals surface area contributed by atoms with Gasteiger partial charge in [0.2, 0.25) is 0 Å². The Balaban J connectivity index is 2.21. The molecule has 0 aromatic carbocycles. The second-order valence-electron chi connectivity index (χ2n) is 3.99. The Kier molecular flexibility index (Phi) is 3.33. The molecule has 0 aliphatic carbocycles. The Morgan fingerprint density at radius 1 is 1.32 bits per heavy atom. The van der Waals surface area contributed by atoms with Gasteiger partial charge >= 0.3 is 5.97 Å². The Morgan fingerprint density at radius 3 is 2.63 bits per heavy atom. The van der Waals surface area contributed by atoms with Crippen LogP contribution in [0.1, 0.15) is 32.4 Å². The largest absolute Gasteiger partial charge is 0.477 e. The predicted octanol–water partition coefficient (Wildman–Crippen LogP) is 2.24. The van der Waals surface area contributed by atoms with Crippen molar-refractivity contribution >= 4 is 17.7 Å². The van der Waals surface area contributed by atoms with Crippen LogP contribution in [-0.4, -0.2) is 22.0 Å². The smallest absolute Gasteiger partial charge is 0.354 e. The first-order chi connectivity index (χ1) is 8.97. The number of carboxylic acids is 1. The third kappa shape index (κ3) is 2.79. The normalized spacial score (nSPS) is 10.2. The van der Waals surface area contributed by atoms with Crippen LogP contribution in [0.15, 0.2) is 28.7 Å². The summed E-state index contributed by atoms with van der Waals surface area (Å²) in [6.07, 6.45) is 0. The highest BCUT2D eigenvalue weighted by molar-refractivity contribution is 6.04. The van der Waals surface area contributed by atoms with Crippen molar-refractivity contribution in [1.82, 2.24) is 4.98 Å². The fourth-order valence-electron chi connectivity index (χ4n) is 1.66. The van der Waals surface area contributed by atoms with Gasteiger partial charge in [0.1, 0.15) is 17.3 Å². The second-order valence-corrected chi connectivity index (χ2v) is 3.99. The standard InChI is InChI=1S/C13H12N2O4/c1-7-6-9(8(2)19-7)12(16)15-11-5-3-4-10(14-11)13(17)18/h3-6H,1-2H3,(H,17,18)(H,14,15,16). The number of pyridine rings is 1. The summed E-state index contributed by atoms with van der Waals surface area (Å²) in [5, 5.41) is 11.4. The number of aromatic nitrogens is 1. The van der Waals surface area contributed by atoms with Gasteiger partial charge in [0, 0.05) is 0 Å². The molecule has 0 spiro atoms. The third-order valence-electron chi connectivity index (χ3n) is 2.50. The van der Waals surface area contributed by atoms with Crippen molar-refractivity contribution in [2.45, 2.75) is 13.8 Å². The fraction of sp³-hybridized carbons (Fsp3) is 0.154. The quantitative estimate of drug-likeness (QED) is 0.882. The molecule has 6 heteroatoms. The minimum absolute atomic E-state index is 0.127. The molecule has 6 nitrogen and oxygen atoms in total. The number of carboxylic acid groups (broad SMARTS) is 1. The SMILES string of the molecule is Cc1cc(C(=O)Nc2cccc(C(=O)O)n2)c(C)o1. The number of furan rings is 1. The molecule has 2 heterocycles. The monoisotopic (exact) mass is 260 g/mol. The van der Waals surface area contributed by atoms with Crippen LogP contribution in [-0.2, 0) is 0 Å². The van der Waals surface area contributed by atoms with Gasteiger partial charge < -0.3 is 14.8 Å². The Hall–Kier alpha value is -2.63. The summed E-state index contributed by atoms with van der Waals surface area (Å²) in [5.74, 6) is -0.210. The zero-order chi connectivity index (χ0) is 14.0. The van der Waals surface area contributed by atoms with Gasteiger partial charge in [-0.2, -0.15) is 0 Å². The second kappa shape index (κ2) is 4.93. The van der Waals surface area contributed by atoms with Gasteiger partial charge in [-0.05, 0) is 32.0 Å². The van der Waals surface area contributed by atoms with Crippen molar-refractivity contribution in [3.8, 4) is 0 Å². The lowest BCUT2D eigenvalue weighted by molar-refractivity contribution is 0.0690. The molecule has 2 aromatic rings. The topological polar surface area (TPSA) is 92.4 Å². The number of hydrogen-bond acceptors (Lipinski definition) is 4. The minimum atomic E-state index is -1.15. The number of nitrogens with one attached hydrogen (secondary N) is 1. The Morgan fingerprint density at radius 2 is 2.05 bits per heavy atom. The molecule has 0 aliphatic rings. The number of carbonyl (C=O) groups excluding carboxylic acids is 1. The van der Waals surface area contributed by atoms with Crippen LogP contribution in [0.4, 0.5) is 5.82 Å². The van der Waals surface area contributed by atoms with E-state index in [1.165, 1.54) is 18.2 Å². The number of hydrogen-bond donors (Lipinski definition) is 2. The van der Waals surface area contributed by atoms with Gasteiger partial charge in [-0.3, -0.25) is 4.79 Å². The van der Waals surface area contributed by atoms with Crippen molar-refractivity contribution < 1.29 is 19.1 Å². The number of carbonyl (C=O) groups is 2. The molecule has 2 rings (SSSR count). The van der Waals surface area contributed by atoms with Crippen molar-refractivity contribution in [2.24, 2.45) is 0 Å². The van der Waals surface area contributed by atoms with E-state index >= 15 is 0 Å². The summed E-state index contributed by atoms with van der Waals surface area (Å²) in [4.78, 5) is 26.6. The van der Waals surface area contributed by atoms with Crippen LogP contribution in [0.2, 0.25) is 0 Å². The molecule has 0 saturated carbocycles. The maximum absolute atomic E-state index is 12.0. The van der Waals surface area contributed by atoms with Gasteiger partial charge in [0.15, 0.2) is 5.69 Å². The van der Waals surface area contributed by atoms with Crippen LogP contribution in [0, 0.1) is 13.8 Å². The molecule has 0 bridgehead atoms. The summed E-state index contributed by atoms with van der Waals surface area (Å²) in [6, 6.07) is 6.00. The zero-order valence-electron chi connectivity index (χ0n) is 10.4. The maximum atomic E-state index is 12.0. The number of aromatic carboxylic acids is 1. The van der Waals surface area contributed by atoms with E-state index < -0.39 is 5.97 Å². The summed E-state index contributed by atoms with van der Waals surface area (Å²) in [5.41, 5.74) is 0.276. The van der Waals surface area contributed by atoms with Gasteiger partial charge in [0.05, 0.1) is 5.56 Å². The number of nitrogens with zero attached hydrogens (tertiary/aromatic N) is 1. The first kappa shape index (κ1) is 12.8. The van der Waals surface area contributed by atoms with Crippen LogP contribution < -0.4 is 5.32 Å². The molecule has 19 heavy (non-hydrogen) atoms. The number of amides is 1. The van der Waals surface area contributed by atoms with Crippen LogP contribution in [0.25, 0.3) is 0 Å². The van der Waals surface area contributed by atoms with Crippen LogP contribution >= 0.6 is 0 Å². The van der Waals surface area contributed by atoms with E-state index in [9.17, 15) is 9.59 Å². The molecule has 0 aliphatic heterocycles. The van der Waals surface area contributed by atoms with E-state index in [-0.39, 0.29) is 17.4 Å². The first-order valence-corrected chi connectivity index (χ1v) is 5.56. The van der Waals surface area contributed by atoms with E-state index in [4.69, 9.17) is 9.52 Å². The fourth-order valence-corrected chi connectivity index (χ4v) is 1.66. The van der Waals surface area contributed by atoms with Crippen molar-refractivity contribution in [1.29, 1.82) is 0 Å². The van der Waals surface area contributed by atoms with Gasteiger partial charge in [-0.15, -0.1) is 0 Å². The highest BCUT2D eigenvalue weighted by atomic mass is 16.4. The molecule has 2 N–H and O–H groups in total. The van der Waals surface area contributed by atoms with E-state index in [0.29, 0.717) is 17.1 Å². The van der Waals surface area contributed by atoms with E-state index in [1.54, 1.807) is 19.9 Å². The Bertz CT molecular complexity index is 646. The van der Waals surface area contributed by atoms with Crippen LogP contribution in [0.3, 0.4) is 0 Å². The van der Waals surface area contributed by atoms with Crippen LogP contribution in [0.5, 0.6) is 0 Å². The molecule has 2 aromatic heterocycles. The van der Waals surface area contributed by atoms with Gasteiger partial charge in [-0.1, -0.05) is 6.07 Å². The summed E-state index contributed by atoms with van der Waals surface area (Å²) < 4.78 is 5.26. The molecule has 0 fully saturated rings. The number of aryl methyl sites for hydroxylation is 2. The average molecular weight is 260 g/mol. The molecular weight excluding hydrogens is 248 g/mol. The van der Waals surface area contributed by atoms with Gasteiger partial charge in [0.25, 0.3) is 5.91 Å². The molecule has 0 unspecified atom stereocenters. The molecule has 0 atom stereocenters. The predicted molar refractivity (Wildman–Crippen MR) is 67.3 cm³/mol. The average Bonchev–Trinajstić information content (AvgIpc) is 2.69. The van der Waals surface area contributed by atoms with E-state index in [2.05, 4.69) is 10.3 Å². The van der Waals surface area contributed by atoms with Gasteiger partial charge in [-0.25, -0.2) is 9.78 Å². The highest BCUT2D eigenvalue weighted by Crippen LogP contribution is 2.15. The minimum Gasteiger partial charge on any atom is -0.477 e. The zero-order valence-corrected chi connectivity index (χ0v) is 10.4. The summed E-state index contributed by atoms with van der Waals surface area (Å²) in [7, 11) is 0. The van der Waals surface area contributed by atoms with Crippen molar-refractivity contribution in [3.05, 3.63) is 47.0 Å². The van der Waals surface area contributed by atoms with Crippen molar-refractivity contribution in [2.75, 3.05) is 5.32 Å². The molecule has 0 radical (unpaired) electrons. The lowest BCUT2D eigenvalue weighted by atomic mass is 10.2. The van der Waals surface area contributed by atoms with Crippen molar-refractivity contribution in [3.63, 3.8) is 0 Å². The highest BCUT2D eigenvalue weighted by Gasteiger charge is 2.14. The maximum Gasteiger partial charge on any atom is 0.354 e.